The zero-order valence-corrected chi connectivity index (χ0v) is 14.2. The van der Waals surface area contributed by atoms with Gasteiger partial charge >= 0.3 is 0 Å². The van der Waals surface area contributed by atoms with Gasteiger partial charge in [0.1, 0.15) is 5.82 Å². The Hall–Kier alpha value is -1.88. The second-order valence-electron chi connectivity index (χ2n) is 5.82. The van der Waals surface area contributed by atoms with Crippen molar-refractivity contribution >= 4 is 17.3 Å². The Morgan fingerprint density at radius 2 is 2.17 bits per heavy atom. The van der Waals surface area contributed by atoms with Gasteiger partial charge in [0, 0.05) is 23.4 Å². The molecule has 23 heavy (non-hydrogen) atoms. The van der Waals surface area contributed by atoms with Crippen LogP contribution < -0.4 is 10.6 Å². The summed E-state index contributed by atoms with van der Waals surface area (Å²) in [7, 11) is 0. The van der Waals surface area contributed by atoms with Crippen LogP contribution in [0.25, 0.3) is 0 Å². The van der Waals surface area contributed by atoms with E-state index in [4.69, 9.17) is 0 Å². The van der Waals surface area contributed by atoms with Crippen molar-refractivity contribution in [3.8, 4) is 0 Å². The minimum absolute atomic E-state index is 0.115. The van der Waals surface area contributed by atoms with Crippen molar-refractivity contribution in [3.63, 3.8) is 0 Å². The van der Waals surface area contributed by atoms with Crippen molar-refractivity contribution in [2.24, 2.45) is 4.99 Å². The average molecular weight is 331 g/mol. The fraction of sp³-hybridized carbons (Fsp3) is 0.389. The lowest BCUT2D eigenvalue weighted by Crippen LogP contribution is -2.40. The van der Waals surface area contributed by atoms with Gasteiger partial charge in [0.2, 0.25) is 0 Å². The molecule has 1 saturated carbocycles. The molecule has 1 aliphatic carbocycles. The number of rotatable bonds is 5. The van der Waals surface area contributed by atoms with E-state index in [0.717, 1.165) is 17.9 Å². The highest BCUT2D eigenvalue weighted by atomic mass is 32.1. The van der Waals surface area contributed by atoms with Gasteiger partial charge in [-0.05, 0) is 43.3 Å². The summed E-state index contributed by atoms with van der Waals surface area (Å²) in [5.74, 6) is 0.921. The van der Waals surface area contributed by atoms with Crippen LogP contribution >= 0.6 is 11.3 Å². The molecule has 3 nitrogen and oxygen atoms in total. The first-order valence-corrected chi connectivity index (χ1v) is 8.92. The molecular formula is C18H22FN3S. The molecule has 3 rings (SSSR count). The van der Waals surface area contributed by atoms with E-state index in [9.17, 15) is 4.39 Å². The minimum atomic E-state index is -0.115. The van der Waals surface area contributed by atoms with E-state index >= 15 is 0 Å². The number of thiophene rings is 1. The molecule has 1 aromatic heterocycles. The first-order chi connectivity index (χ1) is 11.2. The molecule has 1 heterocycles. The molecule has 0 aliphatic heterocycles. The highest BCUT2D eigenvalue weighted by molar-refractivity contribution is 7.10. The number of benzene rings is 1. The van der Waals surface area contributed by atoms with Gasteiger partial charge in [-0.15, -0.1) is 11.3 Å². The van der Waals surface area contributed by atoms with Crippen LogP contribution in [0, 0.1) is 5.82 Å². The van der Waals surface area contributed by atoms with Gasteiger partial charge in [0.25, 0.3) is 0 Å². The highest BCUT2D eigenvalue weighted by Gasteiger charge is 2.40. The van der Waals surface area contributed by atoms with Crippen LogP contribution in [-0.4, -0.2) is 18.5 Å². The summed E-state index contributed by atoms with van der Waals surface area (Å²) in [4.78, 5) is 5.79. The lowest BCUT2D eigenvalue weighted by molar-refractivity contribution is 0.607. The second-order valence-corrected chi connectivity index (χ2v) is 6.80. The molecule has 0 radical (unpaired) electrons. The Morgan fingerprint density at radius 1 is 1.35 bits per heavy atom. The van der Waals surface area contributed by atoms with Crippen molar-refractivity contribution in [1.82, 2.24) is 10.6 Å². The molecule has 3 unspecified atom stereocenters. The molecule has 0 bridgehead atoms. The molecule has 1 fully saturated rings. The van der Waals surface area contributed by atoms with Crippen LogP contribution in [-0.2, 0) is 0 Å². The van der Waals surface area contributed by atoms with Crippen LogP contribution in [0.5, 0.6) is 0 Å². The number of guanidine groups is 1. The van der Waals surface area contributed by atoms with E-state index in [1.807, 2.05) is 19.1 Å². The molecule has 0 amide bonds. The minimum Gasteiger partial charge on any atom is -0.353 e. The molecule has 3 atom stereocenters. The maximum atomic E-state index is 13.9. The van der Waals surface area contributed by atoms with E-state index in [-0.39, 0.29) is 23.8 Å². The highest BCUT2D eigenvalue weighted by Crippen LogP contribution is 2.41. The summed E-state index contributed by atoms with van der Waals surface area (Å²) in [6.07, 6.45) is 0.943. The van der Waals surface area contributed by atoms with Crippen molar-refractivity contribution < 1.29 is 4.39 Å². The Bertz CT molecular complexity index is 669. The lowest BCUT2D eigenvalue weighted by atomic mass is 10.1. The molecule has 5 heteroatoms. The average Bonchev–Trinajstić information content (AvgIpc) is 3.07. The third kappa shape index (κ3) is 3.91. The third-order valence-corrected chi connectivity index (χ3v) is 5.11. The van der Waals surface area contributed by atoms with Crippen molar-refractivity contribution in [2.75, 3.05) is 6.54 Å². The van der Waals surface area contributed by atoms with Crippen LogP contribution in [0.2, 0.25) is 0 Å². The van der Waals surface area contributed by atoms with Gasteiger partial charge in [0.15, 0.2) is 5.96 Å². The molecule has 0 saturated heterocycles. The van der Waals surface area contributed by atoms with Gasteiger partial charge < -0.3 is 10.6 Å². The maximum absolute atomic E-state index is 13.9. The predicted molar refractivity (Wildman–Crippen MR) is 94.5 cm³/mol. The normalized spacial score (nSPS) is 21.8. The molecule has 0 spiro atoms. The quantitative estimate of drug-likeness (QED) is 0.640. The molecule has 2 N–H and O–H groups in total. The van der Waals surface area contributed by atoms with Crippen LogP contribution in [0.4, 0.5) is 4.39 Å². The number of hydrogen-bond donors (Lipinski definition) is 2. The van der Waals surface area contributed by atoms with E-state index < -0.39 is 0 Å². The number of hydrogen-bond acceptors (Lipinski definition) is 2. The summed E-state index contributed by atoms with van der Waals surface area (Å²) < 4.78 is 13.9. The van der Waals surface area contributed by atoms with Crippen molar-refractivity contribution in [3.05, 3.63) is 58.0 Å². The Labute approximate surface area is 140 Å². The van der Waals surface area contributed by atoms with Crippen molar-refractivity contribution in [2.45, 2.75) is 38.3 Å². The maximum Gasteiger partial charge on any atom is 0.191 e. The van der Waals surface area contributed by atoms with Gasteiger partial charge in [-0.3, -0.25) is 4.99 Å². The fourth-order valence-corrected chi connectivity index (χ4v) is 3.49. The lowest BCUT2D eigenvalue weighted by Gasteiger charge is -2.17. The summed E-state index contributed by atoms with van der Waals surface area (Å²) in [6, 6.07) is 11.7. The van der Waals surface area contributed by atoms with Crippen LogP contribution in [0.15, 0.2) is 46.8 Å². The monoisotopic (exact) mass is 331 g/mol. The van der Waals surface area contributed by atoms with Gasteiger partial charge in [-0.2, -0.15) is 0 Å². The Balaban J connectivity index is 1.61. The second kappa shape index (κ2) is 7.13. The fourth-order valence-electron chi connectivity index (χ4n) is 2.75. The Kier molecular flexibility index (Phi) is 4.96. The molecule has 1 aliphatic rings. The zero-order chi connectivity index (χ0) is 16.2. The van der Waals surface area contributed by atoms with E-state index in [1.165, 1.54) is 10.9 Å². The van der Waals surface area contributed by atoms with Crippen LogP contribution in [0.3, 0.4) is 0 Å². The van der Waals surface area contributed by atoms with E-state index in [2.05, 4.69) is 40.1 Å². The van der Waals surface area contributed by atoms with E-state index in [1.54, 1.807) is 17.4 Å². The zero-order valence-electron chi connectivity index (χ0n) is 13.4. The smallest absolute Gasteiger partial charge is 0.191 e. The Morgan fingerprint density at radius 3 is 2.87 bits per heavy atom. The number of halogens is 1. The van der Waals surface area contributed by atoms with Crippen LogP contribution in [0.1, 0.15) is 42.7 Å². The molecule has 2 aromatic rings. The van der Waals surface area contributed by atoms with Gasteiger partial charge in [0.05, 0.1) is 6.04 Å². The van der Waals surface area contributed by atoms with Crippen molar-refractivity contribution in [1.29, 1.82) is 0 Å². The topological polar surface area (TPSA) is 36.4 Å². The summed E-state index contributed by atoms with van der Waals surface area (Å²) in [6.45, 7) is 4.85. The third-order valence-electron chi connectivity index (χ3n) is 4.06. The number of nitrogens with one attached hydrogen (secondary N) is 2. The summed E-state index contributed by atoms with van der Waals surface area (Å²) in [5.41, 5.74) is 0.798. The standard InChI is InChI=1S/C18H22FN3S/c1-3-20-18(21-12(2)17-9-6-10-23-17)22-16-11-14(16)13-7-4-5-8-15(13)19/h4-10,12,14,16H,3,11H2,1-2H3,(H2,20,21,22). The largest absolute Gasteiger partial charge is 0.353 e. The van der Waals surface area contributed by atoms with E-state index in [0.29, 0.717) is 6.54 Å². The molecular weight excluding hydrogens is 309 g/mol. The van der Waals surface area contributed by atoms with Gasteiger partial charge in [-0.25, -0.2) is 4.39 Å². The summed E-state index contributed by atoms with van der Waals surface area (Å²) >= 11 is 1.73. The SMILES string of the molecule is CCN=C(NC(C)c1cccs1)NC1CC1c1ccccc1F. The number of nitrogens with zero attached hydrogens (tertiary/aromatic N) is 1. The summed E-state index contributed by atoms with van der Waals surface area (Å²) in [5, 5.41) is 8.95. The first-order valence-electron chi connectivity index (χ1n) is 8.04. The molecule has 1 aromatic carbocycles. The predicted octanol–water partition coefficient (Wildman–Crippen LogP) is 4.06. The van der Waals surface area contributed by atoms with Gasteiger partial charge in [-0.1, -0.05) is 24.3 Å². The number of aliphatic imine (C=N–C) groups is 1. The first kappa shape index (κ1) is 16.0. The molecule has 122 valence electrons.